The number of halogens is 2. The Morgan fingerprint density at radius 3 is 2.65 bits per heavy atom. The lowest BCUT2D eigenvalue weighted by atomic mass is 10.1. The maximum Gasteiger partial charge on any atom is 0.0305 e. The Hall–Kier alpha value is 0.140. The highest BCUT2D eigenvalue weighted by atomic mass is 79.9. The summed E-state index contributed by atoms with van der Waals surface area (Å²) in [6.45, 7) is 4.60. The first-order chi connectivity index (χ1) is 8.06. The van der Waals surface area contributed by atoms with Crippen LogP contribution in [0.4, 0.5) is 0 Å². The van der Waals surface area contributed by atoms with E-state index in [0.29, 0.717) is 12.1 Å². The van der Waals surface area contributed by atoms with Gasteiger partial charge in [-0.1, -0.05) is 44.8 Å². The molecule has 17 heavy (non-hydrogen) atoms. The van der Waals surface area contributed by atoms with Crippen LogP contribution in [0.3, 0.4) is 0 Å². The molecule has 0 bridgehead atoms. The lowest BCUT2D eigenvalue weighted by molar-refractivity contribution is 0.448. The first kappa shape index (κ1) is 13.6. The maximum atomic E-state index is 3.74. The number of rotatable bonds is 3. The molecule has 1 saturated carbocycles. The molecule has 0 aliphatic heterocycles. The average molecular weight is 361 g/mol. The zero-order valence-electron chi connectivity index (χ0n) is 10.3. The Kier molecular flexibility index (Phi) is 4.67. The Bertz CT molecular complexity index is 392. The molecule has 1 N–H and O–H groups in total. The highest BCUT2D eigenvalue weighted by molar-refractivity contribution is 9.11. The van der Waals surface area contributed by atoms with Crippen LogP contribution in [0.25, 0.3) is 0 Å². The van der Waals surface area contributed by atoms with E-state index in [1.165, 1.54) is 29.3 Å². The summed E-state index contributed by atoms with van der Waals surface area (Å²) in [6, 6.07) is 7.51. The molecule has 3 heteroatoms. The minimum atomic E-state index is 0.410. The Labute approximate surface area is 121 Å². The quantitative estimate of drug-likeness (QED) is 0.795. The standard InChI is InChI=1S/C14H19Br2N/c1-9-3-5-12(7-9)17-10(2)13-6-4-11(15)8-14(13)16/h4,6,8-10,12,17H,3,5,7H2,1-2H3. The topological polar surface area (TPSA) is 12.0 Å². The van der Waals surface area contributed by atoms with Gasteiger partial charge in [-0.3, -0.25) is 0 Å². The largest absolute Gasteiger partial charge is 0.307 e. The molecule has 1 aromatic carbocycles. The highest BCUT2D eigenvalue weighted by Crippen LogP contribution is 2.30. The van der Waals surface area contributed by atoms with Crippen LogP contribution in [0.1, 0.15) is 44.7 Å². The van der Waals surface area contributed by atoms with E-state index in [0.717, 1.165) is 10.4 Å². The van der Waals surface area contributed by atoms with Crippen LogP contribution in [0.15, 0.2) is 27.1 Å². The molecule has 0 saturated heterocycles. The number of hydrogen-bond acceptors (Lipinski definition) is 1. The molecular weight excluding hydrogens is 342 g/mol. The number of hydrogen-bond donors (Lipinski definition) is 1. The van der Waals surface area contributed by atoms with Crippen molar-refractivity contribution in [1.82, 2.24) is 5.32 Å². The third-order valence-corrected chi connectivity index (χ3v) is 4.79. The molecule has 0 aromatic heterocycles. The van der Waals surface area contributed by atoms with E-state index in [-0.39, 0.29) is 0 Å². The monoisotopic (exact) mass is 359 g/mol. The maximum absolute atomic E-state index is 3.74. The van der Waals surface area contributed by atoms with Gasteiger partial charge in [0.25, 0.3) is 0 Å². The van der Waals surface area contributed by atoms with E-state index >= 15 is 0 Å². The Morgan fingerprint density at radius 1 is 1.29 bits per heavy atom. The smallest absolute Gasteiger partial charge is 0.0305 e. The molecule has 1 aliphatic carbocycles. The van der Waals surface area contributed by atoms with Gasteiger partial charge >= 0.3 is 0 Å². The zero-order chi connectivity index (χ0) is 12.4. The molecule has 0 radical (unpaired) electrons. The van der Waals surface area contributed by atoms with Crippen molar-refractivity contribution in [3.8, 4) is 0 Å². The van der Waals surface area contributed by atoms with Crippen molar-refractivity contribution in [1.29, 1.82) is 0 Å². The van der Waals surface area contributed by atoms with Gasteiger partial charge in [-0.2, -0.15) is 0 Å². The predicted molar refractivity (Wildman–Crippen MR) is 80.2 cm³/mol. The van der Waals surface area contributed by atoms with E-state index in [4.69, 9.17) is 0 Å². The molecular formula is C14H19Br2N. The molecule has 2 rings (SSSR count). The van der Waals surface area contributed by atoms with Gasteiger partial charge in [-0.05, 0) is 49.8 Å². The van der Waals surface area contributed by atoms with Gasteiger partial charge in [-0.25, -0.2) is 0 Å². The molecule has 1 aliphatic rings. The zero-order valence-corrected chi connectivity index (χ0v) is 13.5. The van der Waals surface area contributed by atoms with Crippen LogP contribution < -0.4 is 5.32 Å². The van der Waals surface area contributed by atoms with Gasteiger partial charge in [0.05, 0.1) is 0 Å². The van der Waals surface area contributed by atoms with E-state index in [1.54, 1.807) is 0 Å². The van der Waals surface area contributed by atoms with Crippen molar-refractivity contribution in [2.75, 3.05) is 0 Å². The fourth-order valence-electron chi connectivity index (χ4n) is 2.65. The molecule has 1 nitrogen and oxygen atoms in total. The molecule has 0 heterocycles. The number of nitrogens with one attached hydrogen (secondary N) is 1. The van der Waals surface area contributed by atoms with Gasteiger partial charge in [0.1, 0.15) is 0 Å². The summed E-state index contributed by atoms with van der Waals surface area (Å²) in [5, 5.41) is 3.74. The van der Waals surface area contributed by atoms with E-state index < -0.39 is 0 Å². The third-order valence-electron chi connectivity index (χ3n) is 3.61. The van der Waals surface area contributed by atoms with Crippen molar-refractivity contribution >= 4 is 31.9 Å². The van der Waals surface area contributed by atoms with Crippen molar-refractivity contribution in [3.63, 3.8) is 0 Å². The second-order valence-electron chi connectivity index (χ2n) is 5.17. The fourth-order valence-corrected chi connectivity index (χ4v) is 4.04. The van der Waals surface area contributed by atoms with E-state index in [2.05, 4.69) is 69.2 Å². The van der Waals surface area contributed by atoms with Crippen LogP contribution in [-0.2, 0) is 0 Å². The lowest BCUT2D eigenvalue weighted by Gasteiger charge is -2.21. The van der Waals surface area contributed by atoms with Gasteiger partial charge in [0, 0.05) is 21.0 Å². The third kappa shape index (κ3) is 3.55. The fraction of sp³-hybridized carbons (Fsp3) is 0.571. The summed E-state index contributed by atoms with van der Waals surface area (Å²) >= 11 is 7.13. The van der Waals surface area contributed by atoms with Gasteiger partial charge in [0.2, 0.25) is 0 Å². The minimum Gasteiger partial charge on any atom is -0.307 e. The number of benzene rings is 1. The molecule has 0 spiro atoms. The molecule has 94 valence electrons. The second kappa shape index (κ2) is 5.85. The first-order valence-corrected chi connectivity index (χ1v) is 7.86. The SMILES string of the molecule is CC1CCC(NC(C)c2ccc(Br)cc2Br)C1. The van der Waals surface area contributed by atoms with E-state index in [1.807, 2.05) is 0 Å². The van der Waals surface area contributed by atoms with Crippen LogP contribution in [0.2, 0.25) is 0 Å². The van der Waals surface area contributed by atoms with E-state index in [9.17, 15) is 0 Å². The Morgan fingerprint density at radius 2 is 2.06 bits per heavy atom. The summed E-state index contributed by atoms with van der Waals surface area (Å²) in [7, 11) is 0. The lowest BCUT2D eigenvalue weighted by Crippen LogP contribution is -2.29. The summed E-state index contributed by atoms with van der Waals surface area (Å²) in [5.74, 6) is 0.882. The molecule has 0 amide bonds. The molecule has 3 atom stereocenters. The van der Waals surface area contributed by atoms with Gasteiger partial charge in [-0.15, -0.1) is 0 Å². The van der Waals surface area contributed by atoms with Crippen LogP contribution in [-0.4, -0.2) is 6.04 Å². The normalized spacial score (nSPS) is 26.1. The first-order valence-electron chi connectivity index (χ1n) is 6.27. The average Bonchev–Trinajstić information content (AvgIpc) is 2.63. The van der Waals surface area contributed by atoms with Crippen molar-refractivity contribution < 1.29 is 0 Å². The molecule has 3 unspecified atom stereocenters. The summed E-state index contributed by atoms with van der Waals surface area (Å²) in [6.07, 6.45) is 4.00. The van der Waals surface area contributed by atoms with Crippen LogP contribution >= 0.6 is 31.9 Å². The highest BCUT2D eigenvalue weighted by Gasteiger charge is 2.23. The second-order valence-corrected chi connectivity index (χ2v) is 6.94. The van der Waals surface area contributed by atoms with Crippen molar-refractivity contribution in [2.24, 2.45) is 5.92 Å². The minimum absolute atomic E-state index is 0.410. The van der Waals surface area contributed by atoms with Crippen LogP contribution in [0.5, 0.6) is 0 Å². The molecule has 1 aromatic rings. The van der Waals surface area contributed by atoms with Gasteiger partial charge in [0.15, 0.2) is 0 Å². The summed E-state index contributed by atoms with van der Waals surface area (Å²) in [5.41, 5.74) is 1.34. The van der Waals surface area contributed by atoms with Crippen LogP contribution in [0, 0.1) is 5.92 Å². The van der Waals surface area contributed by atoms with Crippen molar-refractivity contribution in [2.45, 2.75) is 45.2 Å². The van der Waals surface area contributed by atoms with Crippen molar-refractivity contribution in [3.05, 3.63) is 32.7 Å². The Balaban J connectivity index is 2.01. The summed E-state index contributed by atoms with van der Waals surface area (Å²) in [4.78, 5) is 0. The van der Waals surface area contributed by atoms with Gasteiger partial charge < -0.3 is 5.32 Å². The molecule has 1 fully saturated rings. The predicted octanol–water partition coefficient (Wildman–Crippen LogP) is 5.05. The summed E-state index contributed by atoms with van der Waals surface area (Å²) < 4.78 is 2.30.